The van der Waals surface area contributed by atoms with E-state index in [1.165, 1.54) is 0 Å². The van der Waals surface area contributed by atoms with Crippen LogP contribution in [-0.2, 0) is 4.79 Å². The zero-order valence-electron chi connectivity index (χ0n) is 17.0. The van der Waals surface area contributed by atoms with Crippen molar-refractivity contribution >= 4 is 16.8 Å². The van der Waals surface area contributed by atoms with Crippen molar-refractivity contribution in [1.29, 1.82) is 0 Å². The van der Waals surface area contributed by atoms with Gasteiger partial charge < -0.3 is 19.4 Å². The first kappa shape index (κ1) is 19.6. The third kappa shape index (κ3) is 4.01. The molecular formula is C25H24N2O3. The van der Waals surface area contributed by atoms with Crippen LogP contribution >= 0.6 is 0 Å². The summed E-state index contributed by atoms with van der Waals surface area (Å²) in [5.74, 6) is 1.34. The Morgan fingerprint density at radius 2 is 1.63 bits per heavy atom. The number of carbonyl (C=O) groups is 1. The number of benzene rings is 3. The fraction of sp³-hybridized carbons (Fsp3) is 0.160. The van der Waals surface area contributed by atoms with Gasteiger partial charge in [0, 0.05) is 29.7 Å². The molecule has 1 amide bonds. The number of fused-ring (bicyclic) bond motifs is 1. The number of likely N-dealkylation sites (N-methyl/N-ethyl adjacent to an activating group) is 1. The smallest absolute Gasteiger partial charge is 0.261 e. The van der Waals surface area contributed by atoms with E-state index in [9.17, 15) is 4.79 Å². The minimum absolute atomic E-state index is 0.0322. The number of ether oxygens (including phenoxy) is 2. The van der Waals surface area contributed by atoms with Crippen LogP contribution in [0.3, 0.4) is 0 Å². The van der Waals surface area contributed by atoms with Crippen LogP contribution in [0.15, 0.2) is 85.1 Å². The van der Waals surface area contributed by atoms with E-state index in [0.717, 1.165) is 27.8 Å². The Hall–Kier alpha value is -3.73. The first-order chi connectivity index (χ1) is 14.7. The molecule has 5 nitrogen and oxygen atoms in total. The minimum Gasteiger partial charge on any atom is -0.497 e. The normalized spacial score (nSPS) is 11.8. The van der Waals surface area contributed by atoms with Gasteiger partial charge in [-0.3, -0.25) is 4.79 Å². The highest BCUT2D eigenvalue weighted by molar-refractivity contribution is 5.85. The van der Waals surface area contributed by atoms with Crippen molar-refractivity contribution in [3.05, 3.63) is 96.2 Å². The lowest BCUT2D eigenvalue weighted by Crippen LogP contribution is -2.35. The van der Waals surface area contributed by atoms with Crippen LogP contribution in [0, 0.1) is 0 Å². The van der Waals surface area contributed by atoms with Gasteiger partial charge in [-0.1, -0.05) is 48.5 Å². The third-order valence-electron chi connectivity index (χ3n) is 5.23. The summed E-state index contributed by atoms with van der Waals surface area (Å²) >= 11 is 0. The molecule has 1 aromatic heterocycles. The van der Waals surface area contributed by atoms with Crippen LogP contribution in [0.25, 0.3) is 10.9 Å². The number of aromatic amines is 1. The molecule has 4 aromatic rings. The highest BCUT2D eigenvalue weighted by Gasteiger charge is 2.26. The Bertz CT molecular complexity index is 1120. The third-order valence-corrected chi connectivity index (χ3v) is 5.23. The quantitative estimate of drug-likeness (QED) is 0.485. The molecule has 1 N–H and O–H groups in total. The van der Waals surface area contributed by atoms with Crippen molar-refractivity contribution in [2.24, 2.45) is 0 Å². The Morgan fingerprint density at radius 3 is 2.37 bits per heavy atom. The maximum atomic E-state index is 13.1. The van der Waals surface area contributed by atoms with E-state index in [2.05, 4.69) is 11.1 Å². The van der Waals surface area contributed by atoms with Crippen molar-refractivity contribution < 1.29 is 14.3 Å². The van der Waals surface area contributed by atoms with E-state index in [1.54, 1.807) is 12.0 Å². The average molecular weight is 400 g/mol. The van der Waals surface area contributed by atoms with Gasteiger partial charge in [-0.15, -0.1) is 0 Å². The Kier molecular flexibility index (Phi) is 5.70. The molecule has 3 aromatic carbocycles. The molecule has 1 unspecified atom stereocenters. The number of nitrogens with one attached hydrogen (secondary N) is 1. The molecule has 0 fully saturated rings. The number of para-hydroxylation sites is 2. The van der Waals surface area contributed by atoms with Crippen molar-refractivity contribution in [1.82, 2.24) is 9.88 Å². The maximum Gasteiger partial charge on any atom is 0.261 e. The predicted molar refractivity (Wildman–Crippen MR) is 118 cm³/mol. The largest absolute Gasteiger partial charge is 0.497 e. The van der Waals surface area contributed by atoms with Crippen molar-refractivity contribution in [2.75, 3.05) is 20.8 Å². The van der Waals surface area contributed by atoms with E-state index >= 15 is 0 Å². The molecule has 152 valence electrons. The second-order valence-electron chi connectivity index (χ2n) is 7.07. The van der Waals surface area contributed by atoms with E-state index in [4.69, 9.17) is 9.47 Å². The second-order valence-corrected chi connectivity index (χ2v) is 7.07. The molecule has 0 bridgehead atoms. The number of methoxy groups -OCH3 is 1. The van der Waals surface area contributed by atoms with E-state index in [0.29, 0.717) is 5.75 Å². The lowest BCUT2D eigenvalue weighted by Gasteiger charge is -2.29. The van der Waals surface area contributed by atoms with Crippen LogP contribution in [0.4, 0.5) is 0 Å². The van der Waals surface area contributed by atoms with Crippen molar-refractivity contribution in [2.45, 2.75) is 6.04 Å². The van der Waals surface area contributed by atoms with Gasteiger partial charge in [-0.05, 0) is 35.9 Å². The predicted octanol–water partition coefficient (Wildman–Crippen LogP) is 4.80. The number of carbonyl (C=O) groups excluding carboxylic acids is 1. The molecule has 0 aliphatic carbocycles. The van der Waals surface area contributed by atoms with Crippen LogP contribution in [-0.4, -0.2) is 36.6 Å². The molecule has 30 heavy (non-hydrogen) atoms. The number of hydrogen-bond acceptors (Lipinski definition) is 3. The molecule has 4 rings (SSSR count). The molecule has 1 heterocycles. The topological polar surface area (TPSA) is 54.6 Å². The standard InChI is InChI=1S/C25H24N2O3/c1-27(24(28)17-30-20-8-4-3-5-9-20)25(18-12-14-19(29-2)15-13-18)22-16-26-23-11-7-6-10-21(22)23/h3-16,25-26H,17H2,1-2H3. The van der Waals surface area contributed by atoms with Gasteiger partial charge in [0.05, 0.1) is 13.2 Å². The van der Waals surface area contributed by atoms with Gasteiger partial charge in [-0.2, -0.15) is 0 Å². The molecule has 0 spiro atoms. The molecule has 0 aliphatic rings. The number of amides is 1. The van der Waals surface area contributed by atoms with E-state index < -0.39 is 0 Å². The van der Waals surface area contributed by atoms with Crippen LogP contribution in [0.2, 0.25) is 0 Å². The highest BCUT2D eigenvalue weighted by Crippen LogP contribution is 2.34. The Labute approximate surface area is 175 Å². The van der Waals surface area contributed by atoms with E-state index in [-0.39, 0.29) is 18.6 Å². The van der Waals surface area contributed by atoms with Crippen molar-refractivity contribution in [3.8, 4) is 11.5 Å². The number of rotatable bonds is 7. The highest BCUT2D eigenvalue weighted by atomic mass is 16.5. The molecule has 0 aliphatic heterocycles. The SMILES string of the molecule is COc1ccc(C(c2c[nH]c3ccccc23)N(C)C(=O)COc2ccccc2)cc1. The number of hydrogen-bond donors (Lipinski definition) is 1. The second kappa shape index (κ2) is 8.74. The Morgan fingerprint density at radius 1 is 0.933 bits per heavy atom. The summed E-state index contributed by atoms with van der Waals surface area (Å²) in [5, 5.41) is 1.09. The van der Waals surface area contributed by atoms with Crippen LogP contribution in [0.1, 0.15) is 17.2 Å². The summed E-state index contributed by atoms with van der Waals surface area (Å²) in [6.07, 6.45) is 1.97. The van der Waals surface area contributed by atoms with Gasteiger partial charge in [-0.25, -0.2) is 0 Å². The minimum atomic E-state index is -0.265. The maximum absolute atomic E-state index is 13.1. The zero-order valence-corrected chi connectivity index (χ0v) is 17.0. The first-order valence-corrected chi connectivity index (χ1v) is 9.81. The fourth-order valence-corrected chi connectivity index (χ4v) is 3.63. The van der Waals surface area contributed by atoms with Crippen LogP contribution < -0.4 is 9.47 Å². The molecule has 0 radical (unpaired) electrons. The fourth-order valence-electron chi connectivity index (χ4n) is 3.63. The van der Waals surface area contributed by atoms with Gasteiger partial charge >= 0.3 is 0 Å². The number of H-pyrrole nitrogens is 1. The Balaban J connectivity index is 1.66. The molecule has 0 saturated heterocycles. The van der Waals surface area contributed by atoms with Gasteiger partial charge in [0.15, 0.2) is 6.61 Å². The lowest BCUT2D eigenvalue weighted by atomic mass is 9.96. The summed E-state index contributed by atoms with van der Waals surface area (Å²) in [5.41, 5.74) is 3.06. The van der Waals surface area contributed by atoms with Gasteiger partial charge in [0.1, 0.15) is 11.5 Å². The van der Waals surface area contributed by atoms with E-state index in [1.807, 2.05) is 86.0 Å². The van der Waals surface area contributed by atoms with Crippen molar-refractivity contribution in [3.63, 3.8) is 0 Å². The van der Waals surface area contributed by atoms with Gasteiger partial charge in [0.2, 0.25) is 0 Å². The van der Waals surface area contributed by atoms with Crippen LogP contribution in [0.5, 0.6) is 11.5 Å². The molecule has 5 heteroatoms. The summed E-state index contributed by atoms with van der Waals surface area (Å²) in [6, 6.07) is 25.0. The summed E-state index contributed by atoms with van der Waals surface area (Å²) < 4.78 is 11.0. The summed E-state index contributed by atoms with van der Waals surface area (Å²) in [7, 11) is 3.45. The average Bonchev–Trinajstić information content (AvgIpc) is 3.22. The van der Waals surface area contributed by atoms with Gasteiger partial charge in [0.25, 0.3) is 5.91 Å². The molecule has 0 saturated carbocycles. The number of nitrogens with zero attached hydrogens (tertiary/aromatic N) is 1. The molecular weight excluding hydrogens is 376 g/mol. The lowest BCUT2D eigenvalue weighted by molar-refractivity contribution is -0.133. The summed E-state index contributed by atoms with van der Waals surface area (Å²) in [6.45, 7) is -0.0322. The molecule has 1 atom stereocenters. The first-order valence-electron chi connectivity index (χ1n) is 9.81. The summed E-state index contributed by atoms with van der Waals surface area (Å²) in [4.78, 5) is 18.1. The zero-order chi connectivity index (χ0) is 20.9. The monoisotopic (exact) mass is 400 g/mol. The number of aromatic nitrogens is 1.